The molecular formula is C11H24N4O7S. The summed E-state index contributed by atoms with van der Waals surface area (Å²) >= 11 is 3.65. The Labute approximate surface area is 138 Å². The van der Waals surface area contributed by atoms with E-state index >= 15 is 0 Å². The molecule has 0 aliphatic rings. The highest BCUT2D eigenvalue weighted by Gasteiger charge is 2.11. The molecule has 0 bridgehead atoms. The van der Waals surface area contributed by atoms with Gasteiger partial charge in [-0.05, 0) is 13.3 Å². The summed E-state index contributed by atoms with van der Waals surface area (Å²) < 4.78 is 0. The third-order valence-electron chi connectivity index (χ3n) is 1.92. The van der Waals surface area contributed by atoms with Crippen molar-refractivity contribution in [2.24, 2.45) is 22.9 Å². The highest BCUT2D eigenvalue weighted by Crippen LogP contribution is 1.92. The normalized spacial score (nSPS) is 13.1. The molecule has 0 saturated carbocycles. The zero-order valence-electron chi connectivity index (χ0n) is 12.6. The Morgan fingerprint density at radius 2 is 1.26 bits per heavy atom. The Kier molecular flexibility index (Phi) is 17.0. The zero-order valence-corrected chi connectivity index (χ0v) is 13.5. The number of primary amides is 1. The lowest BCUT2D eigenvalue weighted by Gasteiger charge is -2.01. The summed E-state index contributed by atoms with van der Waals surface area (Å²) in [5.74, 6) is -3.42. The van der Waals surface area contributed by atoms with Crippen molar-refractivity contribution in [3.8, 4) is 0 Å². The molecule has 11 nitrogen and oxygen atoms in total. The molecule has 0 radical (unpaired) electrons. The average molecular weight is 356 g/mol. The predicted molar refractivity (Wildman–Crippen MR) is 84.8 cm³/mol. The Hall–Kier alpha value is -1.89. The maximum absolute atomic E-state index is 10.1. The van der Waals surface area contributed by atoms with Gasteiger partial charge >= 0.3 is 17.9 Å². The number of hydrogen-bond acceptors (Lipinski definition) is 8. The maximum Gasteiger partial charge on any atom is 0.321 e. The Morgan fingerprint density at radius 1 is 0.913 bits per heavy atom. The van der Waals surface area contributed by atoms with Crippen LogP contribution in [0.1, 0.15) is 19.8 Å². The fraction of sp³-hybridized carbons (Fsp3) is 0.636. The SMILES string of the molecule is CC(N)C(=O)O.NC(=O)CCC(N)C(=O)O.N[C@H](CS)C(=O)O. The van der Waals surface area contributed by atoms with Gasteiger partial charge in [0.25, 0.3) is 0 Å². The lowest BCUT2D eigenvalue weighted by molar-refractivity contribution is -0.139. The lowest BCUT2D eigenvalue weighted by Crippen LogP contribution is -2.31. The first-order valence-electron chi connectivity index (χ1n) is 6.21. The zero-order chi connectivity index (χ0) is 19.2. The molecule has 0 aromatic carbocycles. The van der Waals surface area contributed by atoms with E-state index in [1.54, 1.807) is 0 Å². The van der Waals surface area contributed by atoms with Crippen molar-refractivity contribution in [2.75, 3.05) is 5.75 Å². The molecule has 0 fully saturated rings. The van der Waals surface area contributed by atoms with Crippen molar-refractivity contribution in [2.45, 2.75) is 37.9 Å². The lowest BCUT2D eigenvalue weighted by atomic mass is 10.2. The second kappa shape index (κ2) is 15.0. The number of nitrogens with two attached hydrogens (primary N) is 4. The van der Waals surface area contributed by atoms with Crippen LogP contribution < -0.4 is 22.9 Å². The van der Waals surface area contributed by atoms with Gasteiger partial charge in [-0.1, -0.05) is 0 Å². The highest BCUT2D eigenvalue weighted by molar-refractivity contribution is 7.80. The molecule has 0 spiro atoms. The number of amides is 1. The van der Waals surface area contributed by atoms with Gasteiger partial charge in [0.1, 0.15) is 18.1 Å². The van der Waals surface area contributed by atoms with Crippen LogP contribution in [0.3, 0.4) is 0 Å². The van der Waals surface area contributed by atoms with Gasteiger partial charge in [0, 0.05) is 12.2 Å². The summed E-state index contributed by atoms with van der Waals surface area (Å²) in [6.45, 7) is 1.42. The number of carboxylic acid groups (broad SMARTS) is 3. The minimum Gasteiger partial charge on any atom is -0.480 e. The first-order valence-corrected chi connectivity index (χ1v) is 6.84. The summed E-state index contributed by atoms with van der Waals surface area (Å²) in [5, 5.41) is 24.1. The molecule has 0 aliphatic heterocycles. The van der Waals surface area contributed by atoms with Crippen molar-refractivity contribution in [1.82, 2.24) is 0 Å². The van der Waals surface area contributed by atoms with E-state index in [0.717, 1.165) is 0 Å². The summed E-state index contributed by atoms with van der Waals surface area (Å²) in [6, 6.07) is -2.53. The van der Waals surface area contributed by atoms with E-state index < -0.39 is 41.9 Å². The second-order valence-corrected chi connectivity index (χ2v) is 4.57. The summed E-state index contributed by atoms with van der Waals surface area (Å²) in [4.78, 5) is 39.5. The molecule has 12 heteroatoms. The minimum absolute atomic E-state index is 0.0213. The summed E-state index contributed by atoms with van der Waals surface area (Å²) in [5.41, 5.74) is 19.6. The van der Waals surface area contributed by atoms with E-state index in [1.807, 2.05) is 0 Å². The van der Waals surface area contributed by atoms with Gasteiger partial charge in [-0.15, -0.1) is 0 Å². The molecule has 11 N–H and O–H groups in total. The predicted octanol–water partition coefficient (Wildman–Crippen LogP) is -2.59. The van der Waals surface area contributed by atoms with Crippen LogP contribution in [-0.4, -0.2) is 63.0 Å². The van der Waals surface area contributed by atoms with Gasteiger partial charge in [-0.25, -0.2) is 0 Å². The number of carbonyl (C=O) groups excluding carboxylic acids is 1. The number of hydrogen-bond donors (Lipinski definition) is 8. The van der Waals surface area contributed by atoms with Gasteiger partial charge in [0.05, 0.1) is 0 Å². The molecule has 0 saturated heterocycles. The Bertz CT molecular complexity index is 393. The fourth-order valence-electron chi connectivity index (χ4n) is 0.499. The summed E-state index contributed by atoms with van der Waals surface area (Å²) in [7, 11) is 0. The van der Waals surface area contributed by atoms with Crippen LogP contribution in [0.25, 0.3) is 0 Å². The Balaban J connectivity index is -0.000000272. The van der Waals surface area contributed by atoms with E-state index in [4.69, 9.17) is 38.3 Å². The third kappa shape index (κ3) is 22.5. The van der Waals surface area contributed by atoms with Crippen molar-refractivity contribution in [1.29, 1.82) is 0 Å². The molecule has 0 aromatic rings. The van der Waals surface area contributed by atoms with Crippen molar-refractivity contribution in [3.05, 3.63) is 0 Å². The van der Waals surface area contributed by atoms with E-state index in [0.29, 0.717) is 0 Å². The molecule has 1 amide bonds. The summed E-state index contributed by atoms with van der Waals surface area (Å²) in [6.07, 6.45) is 0.123. The number of carbonyl (C=O) groups is 4. The van der Waals surface area contributed by atoms with Gasteiger partial charge in [0.2, 0.25) is 5.91 Å². The van der Waals surface area contributed by atoms with E-state index in [9.17, 15) is 19.2 Å². The molecular weight excluding hydrogens is 332 g/mol. The topological polar surface area (TPSA) is 233 Å². The van der Waals surface area contributed by atoms with Crippen molar-refractivity contribution < 1.29 is 34.5 Å². The molecule has 0 rings (SSSR count). The van der Waals surface area contributed by atoms with Crippen LogP contribution in [0, 0.1) is 0 Å². The molecule has 2 unspecified atom stereocenters. The van der Waals surface area contributed by atoms with Crippen LogP contribution in [0.2, 0.25) is 0 Å². The third-order valence-corrected chi connectivity index (χ3v) is 2.32. The van der Waals surface area contributed by atoms with Gasteiger partial charge in [0.15, 0.2) is 0 Å². The van der Waals surface area contributed by atoms with E-state index in [1.165, 1.54) is 6.92 Å². The molecule has 0 aromatic heterocycles. The van der Waals surface area contributed by atoms with Crippen LogP contribution >= 0.6 is 12.6 Å². The van der Waals surface area contributed by atoms with E-state index in [-0.39, 0.29) is 18.6 Å². The first kappa shape index (κ1) is 26.0. The monoisotopic (exact) mass is 356 g/mol. The van der Waals surface area contributed by atoms with E-state index in [2.05, 4.69) is 12.6 Å². The quantitative estimate of drug-likeness (QED) is 0.221. The first-order chi connectivity index (χ1) is 10.4. The molecule has 3 atom stereocenters. The van der Waals surface area contributed by atoms with Crippen molar-refractivity contribution >= 4 is 36.4 Å². The average Bonchev–Trinajstić information content (AvgIpc) is 2.44. The Morgan fingerprint density at radius 3 is 1.39 bits per heavy atom. The fourth-order valence-corrected chi connectivity index (χ4v) is 0.656. The highest BCUT2D eigenvalue weighted by atomic mass is 32.1. The van der Waals surface area contributed by atoms with Crippen LogP contribution in [0.4, 0.5) is 0 Å². The molecule has 0 aliphatic carbocycles. The van der Waals surface area contributed by atoms with Crippen LogP contribution in [-0.2, 0) is 19.2 Å². The number of carboxylic acids is 3. The molecule has 23 heavy (non-hydrogen) atoms. The maximum atomic E-state index is 10.1. The van der Waals surface area contributed by atoms with Crippen molar-refractivity contribution in [3.63, 3.8) is 0 Å². The minimum atomic E-state index is -1.11. The molecule has 0 heterocycles. The second-order valence-electron chi connectivity index (χ2n) is 4.20. The number of thiol groups is 1. The van der Waals surface area contributed by atoms with Gasteiger partial charge in [-0.3, -0.25) is 19.2 Å². The number of aliphatic carboxylic acids is 3. The smallest absolute Gasteiger partial charge is 0.321 e. The number of rotatable bonds is 7. The molecule has 136 valence electrons. The standard InChI is InChI=1S/C5H10N2O3.C3H7NO2S.C3H7NO2/c6-3(5(9)10)1-2-4(7)8;4-2(1-7)3(5)6;1-2(4)3(5)6/h3H,1-2,6H2,(H2,7,8)(H,9,10);2,7H,1,4H2,(H,5,6);2H,4H2,1H3,(H,5,6)/t;2-;/m.1./s1. The van der Waals surface area contributed by atoms with Gasteiger partial charge in [-0.2, -0.15) is 12.6 Å². The van der Waals surface area contributed by atoms with Gasteiger partial charge < -0.3 is 38.3 Å². The largest absolute Gasteiger partial charge is 0.480 e. The van der Waals surface area contributed by atoms with Crippen LogP contribution in [0.5, 0.6) is 0 Å². The van der Waals surface area contributed by atoms with Crippen LogP contribution in [0.15, 0.2) is 0 Å².